The summed E-state index contributed by atoms with van der Waals surface area (Å²) in [6.07, 6.45) is 6.73. The number of aromatic nitrogens is 1. The normalized spacial score (nSPS) is 11.0. The van der Waals surface area contributed by atoms with E-state index in [4.69, 9.17) is 4.74 Å². The van der Waals surface area contributed by atoms with Crippen LogP contribution >= 0.6 is 0 Å². The molecule has 3 aromatic rings. The van der Waals surface area contributed by atoms with Crippen molar-refractivity contribution in [3.63, 3.8) is 0 Å². The maximum Gasteiger partial charge on any atom is 0.190 e. The van der Waals surface area contributed by atoms with Crippen LogP contribution in [0.25, 0.3) is 16.8 Å². The van der Waals surface area contributed by atoms with Crippen LogP contribution in [0.3, 0.4) is 0 Å². The van der Waals surface area contributed by atoms with Crippen LogP contribution in [0.1, 0.15) is 15.9 Å². The number of ketones is 1. The van der Waals surface area contributed by atoms with E-state index in [1.54, 1.807) is 31.7 Å². The Balaban J connectivity index is 2.05. The third kappa shape index (κ3) is 2.74. The molecule has 3 rings (SSSR count). The van der Waals surface area contributed by atoms with Crippen molar-refractivity contribution in [2.75, 3.05) is 7.11 Å². The summed E-state index contributed by atoms with van der Waals surface area (Å²) in [5.74, 6) is 0.497. The van der Waals surface area contributed by atoms with Gasteiger partial charge in [0, 0.05) is 12.4 Å². The molecule has 22 heavy (non-hydrogen) atoms. The Morgan fingerprint density at radius 3 is 2.73 bits per heavy atom. The molecule has 0 radical (unpaired) electrons. The summed E-state index contributed by atoms with van der Waals surface area (Å²) in [4.78, 5) is 16.7. The molecule has 2 aromatic carbocycles. The first-order valence-electron chi connectivity index (χ1n) is 6.98. The second-order valence-corrected chi connectivity index (χ2v) is 4.85. The van der Waals surface area contributed by atoms with Gasteiger partial charge in [-0.3, -0.25) is 9.78 Å². The first kappa shape index (κ1) is 14.0. The number of allylic oxidation sites excluding steroid dienone is 1. The molecule has 108 valence electrons. The number of hydrogen-bond donors (Lipinski definition) is 0. The molecule has 1 heterocycles. The molecule has 3 heteroatoms. The number of carbonyl (C=O) groups excluding carboxylic acids is 1. The molecule has 0 saturated carbocycles. The number of hydrogen-bond acceptors (Lipinski definition) is 3. The molecule has 0 bridgehead atoms. The largest absolute Gasteiger partial charge is 0.496 e. The van der Waals surface area contributed by atoms with Gasteiger partial charge < -0.3 is 4.74 Å². The van der Waals surface area contributed by atoms with Crippen LogP contribution in [0.2, 0.25) is 0 Å². The molecule has 0 amide bonds. The molecule has 1 aromatic heterocycles. The highest BCUT2D eigenvalue weighted by Crippen LogP contribution is 2.28. The Morgan fingerprint density at radius 2 is 1.95 bits per heavy atom. The fourth-order valence-electron chi connectivity index (χ4n) is 2.41. The van der Waals surface area contributed by atoms with E-state index < -0.39 is 0 Å². The smallest absolute Gasteiger partial charge is 0.190 e. The van der Waals surface area contributed by atoms with Gasteiger partial charge in [-0.1, -0.05) is 36.4 Å². The number of ether oxygens (including phenoxy) is 1. The van der Waals surface area contributed by atoms with E-state index in [1.807, 2.05) is 48.5 Å². The van der Waals surface area contributed by atoms with Crippen molar-refractivity contribution in [1.29, 1.82) is 0 Å². The number of carbonyl (C=O) groups is 1. The lowest BCUT2D eigenvalue weighted by molar-refractivity contribution is 0.104. The van der Waals surface area contributed by atoms with Gasteiger partial charge in [0.05, 0.1) is 12.7 Å². The lowest BCUT2D eigenvalue weighted by Crippen LogP contribution is -2.00. The number of fused-ring (bicyclic) bond motifs is 1. The van der Waals surface area contributed by atoms with Gasteiger partial charge in [0.2, 0.25) is 0 Å². The van der Waals surface area contributed by atoms with Crippen molar-refractivity contribution in [3.8, 4) is 5.75 Å². The summed E-state index contributed by atoms with van der Waals surface area (Å²) in [7, 11) is 1.58. The van der Waals surface area contributed by atoms with Crippen LogP contribution < -0.4 is 4.74 Å². The molecule has 0 aliphatic heterocycles. The van der Waals surface area contributed by atoms with Gasteiger partial charge in [0.1, 0.15) is 5.75 Å². The Hall–Kier alpha value is -2.94. The maximum atomic E-state index is 12.6. The number of methoxy groups -OCH3 is 1. The van der Waals surface area contributed by atoms with Crippen LogP contribution in [0, 0.1) is 0 Å². The second kappa shape index (κ2) is 6.22. The SMILES string of the molecule is COc1ccc2ccccc2c1C(=O)C=Cc1cccnc1. The van der Waals surface area contributed by atoms with E-state index in [9.17, 15) is 4.79 Å². The Labute approximate surface area is 128 Å². The van der Waals surface area contributed by atoms with E-state index in [1.165, 1.54) is 0 Å². The standard InChI is InChI=1S/C19H15NO2/c1-22-18-11-9-15-6-2-3-7-16(15)19(18)17(21)10-8-14-5-4-12-20-13-14/h2-13H,1H3. The van der Waals surface area contributed by atoms with Crippen LogP contribution in [-0.2, 0) is 0 Å². The minimum Gasteiger partial charge on any atom is -0.496 e. The lowest BCUT2D eigenvalue weighted by atomic mass is 9.99. The molecule has 3 nitrogen and oxygen atoms in total. The molecule has 0 atom stereocenters. The summed E-state index contributed by atoms with van der Waals surface area (Å²) in [6.45, 7) is 0. The van der Waals surface area contributed by atoms with Gasteiger partial charge in [-0.05, 0) is 40.6 Å². The zero-order chi connectivity index (χ0) is 15.4. The summed E-state index contributed by atoms with van der Waals surface area (Å²) in [5, 5.41) is 1.91. The molecular formula is C19H15NO2. The first-order valence-corrected chi connectivity index (χ1v) is 6.98. The number of rotatable bonds is 4. The number of pyridine rings is 1. The minimum atomic E-state index is -0.0856. The van der Waals surface area contributed by atoms with Crippen molar-refractivity contribution in [2.45, 2.75) is 0 Å². The molecule has 0 saturated heterocycles. The maximum absolute atomic E-state index is 12.6. The number of nitrogens with zero attached hydrogens (tertiary/aromatic N) is 1. The minimum absolute atomic E-state index is 0.0856. The highest BCUT2D eigenvalue weighted by Gasteiger charge is 2.13. The zero-order valence-corrected chi connectivity index (χ0v) is 12.2. The quantitative estimate of drug-likeness (QED) is 0.535. The van der Waals surface area contributed by atoms with Crippen molar-refractivity contribution in [3.05, 3.63) is 78.1 Å². The predicted octanol–water partition coefficient (Wildman–Crippen LogP) is 4.14. The summed E-state index contributed by atoms with van der Waals surface area (Å²) >= 11 is 0. The van der Waals surface area contributed by atoms with Crippen molar-refractivity contribution in [2.24, 2.45) is 0 Å². The van der Waals surface area contributed by atoms with Gasteiger partial charge >= 0.3 is 0 Å². The highest BCUT2D eigenvalue weighted by atomic mass is 16.5. The van der Waals surface area contributed by atoms with Crippen molar-refractivity contribution in [1.82, 2.24) is 4.98 Å². The monoisotopic (exact) mass is 289 g/mol. The molecule has 0 aliphatic rings. The van der Waals surface area contributed by atoms with Crippen LogP contribution in [0.5, 0.6) is 5.75 Å². The summed E-state index contributed by atoms with van der Waals surface area (Å²) < 4.78 is 5.36. The summed E-state index contributed by atoms with van der Waals surface area (Å²) in [5.41, 5.74) is 1.47. The van der Waals surface area contributed by atoms with Crippen molar-refractivity contribution < 1.29 is 9.53 Å². The molecule has 0 aliphatic carbocycles. The van der Waals surface area contributed by atoms with E-state index in [-0.39, 0.29) is 5.78 Å². The Morgan fingerprint density at radius 1 is 1.09 bits per heavy atom. The van der Waals surface area contributed by atoms with Gasteiger partial charge in [-0.25, -0.2) is 0 Å². The van der Waals surface area contributed by atoms with Gasteiger partial charge in [-0.15, -0.1) is 0 Å². The van der Waals surface area contributed by atoms with Crippen LogP contribution in [0.4, 0.5) is 0 Å². The second-order valence-electron chi connectivity index (χ2n) is 4.85. The number of benzene rings is 2. The van der Waals surface area contributed by atoms with Gasteiger partial charge in [-0.2, -0.15) is 0 Å². The topological polar surface area (TPSA) is 39.2 Å². The molecule has 0 unspecified atom stereocenters. The van der Waals surface area contributed by atoms with E-state index in [0.29, 0.717) is 11.3 Å². The molecule has 0 spiro atoms. The van der Waals surface area contributed by atoms with E-state index in [0.717, 1.165) is 16.3 Å². The van der Waals surface area contributed by atoms with Crippen LogP contribution in [-0.4, -0.2) is 17.9 Å². The Bertz CT molecular complexity index is 838. The highest BCUT2D eigenvalue weighted by molar-refractivity contribution is 6.16. The molecule has 0 N–H and O–H groups in total. The van der Waals surface area contributed by atoms with E-state index >= 15 is 0 Å². The molecular weight excluding hydrogens is 274 g/mol. The third-order valence-corrected chi connectivity index (χ3v) is 3.47. The fourth-order valence-corrected chi connectivity index (χ4v) is 2.41. The lowest BCUT2D eigenvalue weighted by Gasteiger charge is -2.09. The zero-order valence-electron chi connectivity index (χ0n) is 12.2. The first-order chi connectivity index (χ1) is 10.8. The third-order valence-electron chi connectivity index (χ3n) is 3.47. The fraction of sp³-hybridized carbons (Fsp3) is 0.0526. The van der Waals surface area contributed by atoms with E-state index in [2.05, 4.69) is 4.98 Å². The van der Waals surface area contributed by atoms with Crippen LogP contribution in [0.15, 0.2) is 67.0 Å². The summed E-state index contributed by atoms with van der Waals surface area (Å²) in [6, 6.07) is 15.3. The average molecular weight is 289 g/mol. The average Bonchev–Trinajstić information content (AvgIpc) is 2.59. The molecule has 0 fully saturated rings. The Kier molecular flexibility index (Phi) is 3.97. The predicted molar refractivity (Wildman–Crippen MR) is 88.1 cm³/mol. The van der Waals surface area contributed by atoms with Gasteiger partial charge in [0.15, 0.2) is 5.78 Å². The van der Waals surface area contributed by atoms with Gasteiger partial charge in [0.25, 0.3) is 0 Å². The van der Waals surface area contributed by atoms with Crippen molar-refractivity contribution >= 4 is 22.6 Å².